The molecule has 1 aliphatic rings. The Labute approximate surface area is 88.6 Å². The summed E-state index contributed by atoms with van der Waals surface area (Å²) in [7, 11) is 0. The number of nitrogens with zero attached hydrogens (tertiary/aromatic N) is 1. The highest BCUT2D eigenvalue weighted by atomic mass is 16.5. The zero-order chi connectivity index (χ0) is 10.8. The van der Waals surface area contributed by atoms with Crippen molar-refractivity contribution >= 4 is 0 Å². The van der Waals surface area contributed by atoms with Crippen LogP contribution in [-0.2, 0) is 4.74 Å². The summed E-state index contributed by atoms with van der Waals surface area (Å²) >= 11 is 0. The smallest absolute Gasteiger partial charge is 0.0704 e. The molecule has 0 amide bonds. The third kappa shape index (κ3) is 2.96. The minimum atomic E-state index is 0.282. The van der Waals surface area contributed by atoms with Gasteiger partial charge in [-0.25, -0.2) is 0 Å². The van der Waals surface area contributed by atoms with E-state index in [1.807, 2.05) is 0 Å². The van der Waals surface area contributed by atoms with E-state index < -0.39 is 0 Å². The molecule has 0 aromatic rings. The van der Waals surface area contributed by atoms with Crippen molar-refractivity contribution in [1.29, 1.82) is 0 Å². The van der Waals surface area contributed by atoms with E-state index in [1.54, 1.807) is 0 Å². The molecule has 0 aromatic heterocycles. The molecule has 84 valence electrons. The maximum absolute atomic E-state index is 5.97. The monoisotopic (exact) mass is 199 g/mol. The molecule has 0 unspecified atom stereocenters. The molecule has 0 aliphatic carbocycles. The Morgan fingerprint density at radius 2 is 1.50 bits per heavy atom. The van der Waals surface area contributed by atoms with Crippen LogP contribution in [0.1, 0.15) is 47.5 Å². The molecule has 2 atom stereocenters. The van der Waals surface area contributed by atoms with Gasteiger partial charge in [-0.3, -0.25) is 4.90 Å². The van der Waals surface area contributed by atoms with Gasteiger partial charge >= 0.3 is 0 Å². The summed E-state index contributed by atoms with van der Waals surface area (Å²) in [4.78, 5) is 2.55. The SMILES string of the molecule is CC[C@@H]1CN(C(C)(C)C)C[C@@H](CC)O1. The Hall–Kier alpha value is -0.0800. The van der Waals surface area contributed by atoms with Crippen LogP contribution in [0.3, 0.4) is 0 Å². The summed E-state index contributed by atoms with van der Waals surface area (Å²) in [6.07, 6.45) is 3.13. The number of ether oxygens (including phenoxy) is 1. The fourth-order valence-electron chi connectivity index (χ4n) is 1.92. The van der Waals surface area contributed by atoms with Gasteiger partial charge in [0.1, 0.15) is 0 Å². The van der Waals surface area contributed by atoms with Gasteiger partial charge in [-0.15, -0.1) is 0 Å². The van der Waals surface area contributed by atoms with Gasteiger partial charge in [0.15, 0.2) is 0 Å². The normalized spacial score (nSPS) is 30.6. The van der Waals surface area contributed by atoms with E-state index in [1.165, 1.54) is 0 Å². The van der Waals surface area contributed by atoms with Gasteiger partial charge < -0.3 is 4.74 Å². The van der Waals surface area contributed by atoms with Crippen molar-refractivity contribution in [1.82, 2.24) is 4.90 Å². The Bertz CT molecular complexity index is 162. The fraction of sp³-hybridized carbons (Fsp3) is 1.00. The first-order chi connectivity index (χ1) is 6.47. The van der Waals surface area contributed by atoms with E-state index in [-0.39, 0.29) is 5.54 Å². The highest BCUT2D eigenvalue weighted by molar-refractivity contribution is 4.84. The van der Waals surface area contributed by atoms with Gasteiger partial charge in [-0.05, 0) is 33.6 Å². The third-order valence-electron chi connectivity index (χ3n) is 3.09. The van der Waals surface area contributed by atoms with Gasteiger partial charge in [0.2, 0.25) is 0 Å². The summed E-state index contributed by atoms with van der Waals surface area (Å²) < 4.78 is 5.97. The van der Waals surface area contributed by atoms with Crippen LogP contribution in [0.15, 0.2) is 0 Å². The first-order valence-electron chi connectivity index (χ1n) is 5.87. The van der Waals surface area contributed by atoms with Gasteiger partial charge in [0.25, 0.3) is 0 Å². The minimum absolute atomic E-state index is 0.282. The fourth-order valence-corrected chi connectivity index (χ4v) is 1.92. The summed E-state index contributed by atoms with van der Waals surface area (Å²) in [6.45, 7) is 13.5. The quantitative estimate of drug-likeness (QED) is 0.678. The predicted octanol–water partition coefficient (Wildman–Crippen LogP) is 2.67. The lowest BCUT2D eigenvalue weighted by Crippen LogP contribution is -2.54. The molecule has 1 aliphatic heterocycles. The maximum atomic E-state index is 5.97. The summed E-state index contributed by atoms with van der Waals surface area (Å²) in [5, 5.41) is 0. The lowest BCUT2D eigenvalue weighted by Gasteiger charge is -2.44. The molecule has 0 aromatic carbocycles. The van der Waals surface area contributed by atoms with E-state index in [9.17, 15) is 0 Å². The number of hydrogen-bond acceptors (Lipinski definition) is 2. The van der Waals surface area contributed by atoms with E-state index >= 15 is 0 Å². The van der Waals surface area contributed by atoms with E-state index in [0.29, 0.717) is 12.2 Å². The molecule has 0 saturated carbocycles. The molecule has 2 heteroatoms. The van der Waals surface area contributed by atoms with Crippen molar-refractivity contribution in [2.45, 2.75) is 65.2 Å². The molecule has 0 spiro atoms. The van der Waals surface area contributed by atoms with E-state index in [4.69, 9.17) is 4.74 Å². The summed E-state index contributed by atoms with van der Waals surface area (Å²) in [6, 6.07) is 0. The second-order valence-corrected chi connectivity index (χ2v) is 5.27. The van der Waals surface area contributed by atoms with Gasteiger partial charge in [0, 0.05) is 18.6 Å². The first-order valence-corrected chi connectivity index (χ1v) is 5.87. The van der Waals surface area contributed by atoms with Crippen molar-refractivity contribution in [3.8, 4) is 0 Å². The van der Waals surface area contributed by atoms with Crippen molar-refractivity contribution in [2.75, 3.05) is 13.1 Å². The topological polar surface area (TPSA) is 12.5 Å². The van der Waals surface area contributed by atoms with Crippen LogP contribution in [0.2, 0.25) is 0 Å². The Balaban J connectivity index is 2.60. The highest BCUT2D eigenvalue weighted by Crippen LogP contribution is 2.22. The number of rotatable bonds is 2. The lowest BCUT2D eigenvalue weighted by molar-refractivity contribution is -0.109. The summed E-state index contributed by atoms with van der Waals surface area (Å²) in [5.41, 5.74) is 0.282. The molecule has 1 fully saturated rings. The van der Waals surface area contributed by atoms with Crippen LogP contribution in [0, 0.1) is 0 Å². The van der Waals surface area contributed by atoms with Gasteiger partial charge in [-0.2, -0.15) is 0 Å². The van der Waals surface area contributed by atoms with Crippen LogP contribution in [0.5, 0.6) is 0 Å². The van der Waals surface area contributed by atoms with Crippen LogP contribution in [0.25, 0.3) is 0 Å². The van der Waals surface area contributed by atoms with Crippen molar-refractivity contribution in [2.24, 2.45) is 0 Å². The summed E-state index contributed by atoms with van der Waals surface area (Å²) in [5.74, 6) is 0. The minimum Gasteiger partial charge on any atom is -0.372 e. The van der Waals surface area contributed by atoms with Crippen LogP contribution < -0.4 is 0 Å². The second kappa shape index (κ2) is 4.63. The van der Waals surface area contributed by atoms with E-state index in [0.717, 1.165) is 25.9 Å². The second-order valence-electron chi connectivity index (χ2n) is 5.27. The molecule has 1 heterocycles. The molecule has 0 radical (unpaired) electrons. The third-order valence-corrected chi connectivity index (χ3v) is 3.09. The van der Waals surface area contributed by atoms with Gasteiger partial charge in [0.05, 0.1) is 12.2 Å². The number of morpholine rings is 1. The van der Waals surface area contributed by atoms with Crippen molar-refractivity contribution < 1.29 is 4.74 Å². The highest BCUT2D eigenvalue weighted by Gasteiger charge is 2.31. The number of hydrogen-bond donors (Lipinski definition) is 0. The molecule has 0 N–H and O–H groups in total. The van der Waals surface area contributed by atoms with Crippen LogP contribution in [-0.4, -0.2) is 35.7 Å². The van der Waals surface area contributed by atoms with Crippen LogP contribution in [0.4, 0.5) is 0 Å². The Morgan fingerprint density at radius 3 is 1.79 bits per heavy atom. The Kier molecular flexibility index (Phi) is 3.96. The molecule has 1 saturated heterocycles. The molecule has 0 bridgehead atoms. The molecule has 14 heavy (non-hydrogen) atoms. The molecule has 2 nitrogen and oxygen atoms in total. The first kappa shape index (κ1) is 12.0. The standard InChI is InChI=1S/C12H25NO/c1-6-10-8-13(12(3,4)5)9-11(7-2)14-10/h10-11H,6-9H2,1-5H3/t10-,11-/m1/s1. The van der Waals surface area contributed by atoms with Crippen molar-refractivity contribution in [3.63, 3.8) is 0 Å². The van der Waals surface area contributed by atoms with E-state index in [2.05, 4.69) is 39.5 Å². The lowest BCUT2D eigenvalue weighted by atomic mass is 10.0. The Morgan fingerprint density at radius 1 is 1.07 bits per heavy atom. The van der Waals surface area contributed by atoms with Crippen molar-refractivity contribution in [3.05, 3.63) is 0 Å². The average molecular weight is 199 g/mol. The largest absolute Gasteiger partial charge is 0.372 e. The van der Waals surface area contributed by atoms with Crippen LogP contribution >= 0.6 is 0 Å². The molecular formula is C12H25NO. The zero-order valence-corrected chi connectivity index (χ0v) is 10.3. The average Bonchev–Trinajstić information content (AvgIpc) is 2.15. The maximum Gasteiger partial charge on any atom is 0.0704 e. The molecule has 1 rings (SSSR count). The predicted molar refractivity (Wildman–Crippen MR) is 60.6 cm³/mol. The zero-order valence-electron chi connectivity index (χ0n) is 10.3. The van der Waals surface area contributed by atoms with Gasteiger partial charge in [-0.1, -0.05) is 13.8 Å². The molecular weight excluding hydrogens is 174 g/mol.